The van der Waals surface area contributed by atoms with Gasteiger partial charge in [0, 0.05) is 11.3 Å². The molecule has 1 unspecified atom stereocenters. The molecule has 3 rings (SSSR count). The summed E-state index contributed by atoms with van der Waals surface area (Å²) >= 11 is 0. The topological polar surface area (TPSA) is 67.4 Å². The number of carbonyl (C=O) groups is 2. The first-order chi connectivity index (χ1) is 14.9. The number of hydrogen-bond acceptors (Lipinski definition) is 3. The monoisotopic (exact) mass is 416 g/mol. The van der Waals surface area contributed by atoms with E-state index in [0.29, 0.717) is 28.3 Å². The molecule has 5 heteroatoms. The standard InChI is InChI=1S/C26H28N2O3/c1-5-19(4)31-22-10-8-9-20(16-22)25(29)28-24-12-7-6-11-23(24)26(30)27-21-14-13-17(2)18(3)15-21/h6-16,19H,5H2,1-4H3,(H,27,30)(H,28,29). The van der Waals surface area contributed by atoms with Crippen LogP contribution in [0.3, 0.4) is 0 Å². The smallest absolute Gasteiger partial charge is 0.257 e. The van der Waals surface area contributed by atoms with Gasteiger partial charge in [0.15, 0.2) is 0 Å². The summed E-state index contributed by atoms with van der Waals surface area (Å²) in [6.07, 6.45) is 0.938. The second-order valence-electron chi connectivity index (χ2n) is 7.62. The predicted octanol–water partition coefficient (Wildman–Crippen LogP) is 5.99. The van der Waals surface area contributed by atoms with Gasteiger partial charge >= 0.3 is 0 Å². The predicted molar refractivity (Wildman–Crippen MR) is 125 cm³/mol. The maximum Gasteiger partial charge on any atom is 0.257 e. The summed E-state index contributed by atoms with van der Waals surface area (Å²) in [7, 11) is 0. The van der Waals surface area contributed by atoms with Crippen molar-refractivity contribution in [2.75, 3.05) is 10.6 Å². The number of nitrogens with one attached hydrogen (secondary N) is 2. The van der Waals surface area contributed by atoms with Crippen molar-refractivity contribution in [3.8, 4) is 5.75 Å². The first-order valence-electron chi connectivity index (χ1n) is 10.4. The van der Waals surface area contributed by atoms with Crippen LogP contribution in [0.4, 0.5) is 11.4 Å². The Balaban J connectivity index is 1.77. The Kier molecular flexibility index (Phi) is 7.08. The fourth-order valence-corrected chi connectivity index (χ4v) is 3.03. The molecule has 160 valence electrons. The Morgan fingerprint density at radius 3 is 2.39 bits per heavy atom. The van der Waals surface area contributed by atoms with Gasteiger partial charge in [0.2, 0.25) is 0 Å². The van der Waals surface area contributed by atoms with Crippen LogP contribution >= 0.6 is 0 Å². The average Bonchev–Trinajstić information content (AvgIpc) is 2.76. The first-order valence-corrected chi connectivity index (χ1v) is 10.4. The van der Waals surface area contributed by atoms with Crippen LogP contribution < -0.4 is 15.4 Å². The molecule has 31 heavy (non-hydrogen) atoms. The molecule has 0 heterocycles. The molecule has 0 radical (unpaired) electrons. The number of ether oxygens (including phenoxy) is 1. The summed E-state index contributed by atoms with van der Waals surface area (Å²) in [5.74, 6) is 0.0526. The van der Waals surface area contributed by atoms with Gasteiger partial charge in [-0.15, -0.1) is 0 Å². The third-order valence-corrected chi connectivity index (χ3v) is 5.19. The van der Waals surface area contributed by atoms with E-state index in [4.69, 9.17) is 4.74 Å². The van der Waals surface area contributed by atoms with Gasteiger partial charge in [-0.2, -0.15) is 0 Å². The molecule has 2 N–H and O–H groups in total. The Bertz CT molecular complexity index is 1090. The van der Waals surface area contributed by atoms with E-state index in [1.54, 1.807) is 42.5 Å². The molecule has 1 atom stereocenters. The Hall–Kier alpha value is -3.60. The van der Waals surface area contributed by atoms with Gasteiger partial charge < -0.3 is 15.4 Å². The lowest BCUT2D eigenvalue weighted by Gasteiger charge is -2.14. The maximum absolute atomic E-state index is 12.9. The molecule has 2 amide bonds. The SMILES string of the molecule is CCC(C)Oc1cccc(C(=O)Nc2ccccc2C(=O)Nc2ccc(C)c(C)c2)c1. The van der Waals surface area contributed by atoms with Crippen LogP contribution in [0.1, 0.15) is 52.1 Å². The number of para-hydroxylation sites is 1. The molecule has 0 aromatic heterocycles. The van der Waals surface area contributed by atoms with Gasteiger partial charge in [0.1, 0.15) is 5.75 Å². The molecule has 0 aliphatic heterocycles. The highest BCUT2D eigenvalue weighted by Crippen LogP contribution is 2.21. The lowest BCUT2D eigenvalue weighted by atomic mass is 10.1. The van der Waals surface area contributed by atoms with Crippen LogP contribution in [0.25, 0.3) is 0 Å². The fourth-order valence-electron chi connectivity index (χ4n) is 3.03. The van der Waals surface area contributed by atoms with Crippen LogP contribution in [0.15, 0.2) is 66.7 Å². The number of rotatable bonds is 7. The molecular formula is C26H28N2O3. The molecule has 0 aliphatic carbocycles. The van der Waals surface area contributed by atoms with E-state index in [9.17, 15) is 9.59 Å². The van der Waals surface area contributed by atoms with Crippen LogP contribution in [0.5, 0.6) is 5.75 Å². The van der Waals surface area contributed by atoms with Crippen LogP contribution in [-0.2, 0) is 0 Å². The van der Waals surface area contributed by atoms with Gasteiger partial charge in [0.05, 0.1) is 17.4 Å². The highest BCUT2D eigenvalue weighted by Gasteiger charge is 2.15. The average molecular weight is 417 g/mol. The molecule has 0 fully saturated rings. The summed E-state index contributed by atoms with van der Waals surface area (Å²) in [6.45, 7) is 8.05. The van der Waals surface area contributed by atoms with E-state index in [0.717, 1.165) is 17.5 Å². The number of carbonyl (C=O) groups excluding carboxylic acids is 2. The molecule has 3 aromatic carbocycles. The molecule has 0 bridgehead atoms. The summed E-state index contributed by atoms with van der Waals surface area (Å²) in [5, 5.41) is 5.76. The summed E-state index contributed by atoms with van der Waals surface area (Å²) in [5.41, 5.74) is 4.27. The summed E-state index contributed by atoms with van der Waals surface area (Å²) in [6, 6.07) is 19.8. The number of anilines is 2. The second-order valence-corrected chi connectivity index (χ2v) is 7.62. The van der Waals surface area contributed by atoms with Crippen molar-refractivity contribution in [1.82, 2.24) is 0 Å². The minimum absolute atomic E-state index is 0.0631. The van der Waals surface area contributed by atoms with Crippen molar-refractivity contribution < 1.29 is 14.3 Å². The van der Waals surface area contributed by atoms with Crippen molar-refractivity contribution in [1.29, 1.82) is 0 Å². The third-order valence-electron chi connectivity index (χ3n) is 5.19. The van der Waals surface area contributed by atoms with E-state index in [1.165, 1.54) is 0 Å². The van der Waals surface area contributed by atoms with Gasteiger partial charge in [0.25, 0.3) is 11.8 Å². The van der Waals surface area contributed by atoms with E-state index >= 15 is 0 Å². The molecular weight excluding hydrogens is 388 g/mol. The summed E-state index contributed by atoms with van der Waals surface area (Å²) < 4.78 is 5.81. The number of hydrogen-bond donors (Lipinski definition) is 2. The molecule has 0 saturated heterocycles. The quantitative estimate of drug-likeness (QED) is 0.497. The molecule has 0 saturated carbocycles. The van der Waals surface area contributed by atoms with E-state index in [1.807, 2.05) is 52.0 Å². The molecule has 3 aromatic rings. The zero-order valence-electron chi connectivity index (χ0n) is 18.4. The first kappa shape index (κ1) is 22.1. The normalized spacial score (nSPS) is 11.5. The Labute approximate surface area is 183 Å². The van der Waals surface area contributed by atoms with E-state index in [-0.39, 0.29) is 17.9 Å². The van der Waals surface area contributed by atoms with Crippen molar-refractivity contribution in [2.24, 2.45) is 0 Å². The van der Waals surface area contributed by atoms with Crippen molar-refractivity contribution in [2.45, 2.75) is 40.2 Å². The Morgan fingerprint density at radius 2 is 1.65 bits per heavy atom. The zero-order chi connectivity index (χ0) is 22.4. The molecule has 5 nitrogen and oxygen atoms in total. The minimum Gasteiger partial charge on any atom is -0.491 e. The minimum atomic E-state index is -0.305. The van der Waals surface area contributed by atoms with Gasteiger partial charge in [-0.25, -0.2) is 0 Å². The molecule has 0 aliphatic rings. The van der Waals surface area contributed by atoms with Crippen molar-refractivity contribution >= 4 is 23.2 Å². The van der Waals surface area contributed by atoms with Crippen LogP contribution in [0, 0.1) is 13.8 Å². The highest BCUT2D eigenvalue weighted by molar-refractivity contribution is 6.12. The fraction of sp³-hybridized carbons (Fsp3) is 0.231. The van der Waals surface area contributed by atoms with Crippen molar-refractivity contribution in [3.05, 3.63) is 89.0 Å². The van der Waals surface area contributed by atoms with Crippen LogP contribution in [0.2, 0.25) is 0 Å². The van der Waals surface area contributed by atoms with Crippen molar-refractivity contribution in [3.63, 3.8) is 0 Å². The van der Waals surface area contributed by atoms with Gasteiger partial charge in [-0.05, 0) is 80.8 Å². The molecule has 0 spiro atoms. The zero-order valence-corrected chi connectivity index (χ0v) is 18.4. The van der Waals surface area contributed by atoms with Gasteiger partial charge in [-0.3, -0.25) is 9.59 Å². The maximum atomic E-state index is 12.9. The van der Waals surface area contributed by atoms with Gasteiger partial charge in [-0.1, -0.05) is 31.2 Å². The lowest BCUT2D eigenvalue weighted by Crippen LogP contribution is -2.18. The Morgan fingerprint density at radius 1 is 0.871 bits per heavy atom. The highest BCUT2D eigenvalue weighted by atomic mass is 16.5. The largest absolute Gasteiger partial charge is 0.491 e. The number of benzene rings is 3. The van der Waals surface area contributed by atoms with E-state index in [2.05, 4.69) is 10.6 Å². The third kappa shape index (κ3) is 5.72. The van der Waals surface area contributed by atoms with Crippen LogP contribution in [-0.4, -0.2) is 17.9 Å². The van der Waals surface area contributed by atoms with E-state index < -0.39 is 0 Å². The number of aryl methyl sites for hydroxylation is 2. The number of amides is 2. The lowest BCUT2D eigenvalue weighted by molar-refractivity contribution is 0.102. The second kappa shape index (κ2) is 9.94. The summed E-state index contributed by atoms with van der Waals surface area (Å²) in [4.78, 5) is 25.7.